The monoisotopic (exact) mass is 301 g/mol. The van der Waals surface area contributed by atoms with Crippen LogP contribution in [0.15, 0.2) is 36.7 Å². The van der Waals surface area contributed by atoms with Crippen molar-refractivity contribution in [3.8, 4) is 0 Å². The summed E-state index contributed by atoms with van der Waals surface area (Å²) in [5.41, 5.74) is 2.61. The molecule has 1 heterocycles. The Bertz CT molecular complexity index is 680. The molecule has 1 aromatic heterocycles. The number of aliphatic carboxylic acids is 1. The minimum absolute atomic E-state index is 0.394. The zero-order valence-corrected chi connectivity index (χ0v) is 12.8. The van der Waals surface area contributed by atoms with Gasteiger partial charge in [0.1, 0.15) is 6.04 Å². The van der Waals surface area contributed by atoms with Gasteiger partial charge in [0.25, 0.3) is 0 Å². The highest BCUT2D eigenvalue weighted by atomic mass is 16.4. The summed E-state index contributed by atoms with van der Waals surface area (Å²) in [6, 6.07) is 5.41. The average molecular weight is 301 g/mol. The fraction of sp³-hybridized carbons (Fsp3) is 0.312. The van der Waals surface area contributed by atoms with Crippen LogP contribution >= 0.6 is 0 Å². The van der Waals surface area contributed by atoms with Gasteiger partial charge in [0.05, 0.1) is 0 Å². The Morgan fingerprint density at radius 2 is 2.00 bits per heavy atom. The van der Waals surface area contributed by atoms with Gasteiger partial charge < -0.3 is 10.4 Å². The first kappa shape index (κ1) is 15.8. The maximum Gasteiger partial charge on any atom is 0.330 e. The molecule has 0 saturated carbocycles. The number of carbonyl (C=O) groups excluding carboxylic acids is 1. The van der Waals surface area contributed by atoms with E-state index >= 15 is 0 Å². The predicted octanol–water partition coefficient (Wildman–Crippen LogP) is 2.00. The highest BCUT2D eigenvalue weighted by Gasteiger charge is 2.25. The molecule has 6 nitrogen and oxygen atoms in total. The van der Waals surface area contributed by atoms with Crippen LogP contribution in [0.2, 0.25) is 0 Å². The number of nitrogens with one attached hydrogen (secondary N) is 1. The Balaban J connectivity index is 2.20. The molecular formula is C16H19N3O3. The second-order valence-electron chi connectivity index (χ2n) is 5.29. The molecule has 0 aliphatic carbocycles. The number of aryl methyl sites for hydroxylation is 2. The molecule has 2 atom stereocenters. The lowest BCUT2D eigenvalue weighted by atomic mass is 10.0. The van der Waals surface area contributed by atoms with E-state index in [2.05, 4.69) is 10.4 Å². The van der Waals surface area contributed by atoms with Gasteiger partial charge in [-0.25, -0.2) is 4.79 Å². The number of aromatic nitrogens is 2. The van der Waals surface area contributed by atoms with E-state index in [1.54, 1.807) is 37.5 Å². The van der Waals surface area contributed by atoms with E-state index in [0.29, 0.717) is 5.56 Å². The van der Waals surface area contributed by atoms with Gasteiger partial charge in [-0.15, -0.1) is 0 Å². The van der Waals surface area contributed by atoms with E-state index in [-0.39, 0.29) is 0 Å². The quantitative estimate of drug-likeness (QED) is 0.884. The first-order chi connectivity index (χ1) is 10.4. The summed E-state index contributed by atoms with van der Waals surface area (Å²) in [4.78, 5) is 23.7. The number of hydrogen-bond donors (Lipinski definition) is 2. The minimum atomic E-state index is -1.09. The Kier molecular flexibility index (Phi) is 4.60. The first-order valence-electron chi connectivity index (χ1n) is 6.99. The lowest BCUT2D eigenvalue weighted by Gasteiger charge is -2.19. The standard InChI is InChI=1S/C16H19N3O3/c1-10-5-6-13(9-11(10)2)14(16(21)22)18-15(20)12(3)19-8-4-7-17-19/h4-9,12,14H,1-3H3,(H,18,20)(H,21,22). The van der Waals surface area contributed by atoms with Crippen LogP contribution < -0.4 is 5.32 Å². The molecule has 1 amide bonds. The van der Waals surface area contributed by atoms with Crippen LogP contribution in [0.25, 0.3) is 0 Å². The van der Waals surface area contributed by atoms with Crippen LogP contribution in [-0.4, -0.2) is 26.8 Å². The number of carboxylic acids is 1. The number of nitrogens with zero attached hydrogens (tertiary/aromatic N) is 2. The van der Waals surface area contributed by atoms with Gasteiger partial charge in [-0.3, -0.25) is 9.48 Å². The van der Waals surface area contributed by atoms with E-state index in [1.165, 1.54) is 4.68 Å². The Labute approximate surface area is 128 Å². The second kappa shape index (κ2) is 6.43. The van der Waals surface area contributed by atoms with Crippen LogP contribution in [0.1, 0.15) is 35.7 Å². The molecule has 6 heteroatoms. The number of amides is 1. The molecule has 0 fully saturated rings. The smallest absolute Gasteiger partial charge is 0.330 e. The molecule has 0 aliphatic rings. The minimum Gasteiger partial charge on any atom is -0.479 e. The van der Waals surface area contributed by atoms with Gasteiger partial charge >= 0.3 is 5.97 Å². The Morgan fingerprint density at radius 1 is 1.27 bits per heavy atom. The fourth-order valence-electron chi connectivity index (χ4n) is 2.12. The first-order valence-corrected chi connectivity index (χ1v) is 6.99. The highest BCUT2D eigenvalue weighted by molar-refractivity contribution is 5.86. The maximum absolute atomic E-state index is 12.2. The van der Waals surface area contributed by atoms with Crippen LogP contribution in [-0.2, 0) is 9.59 Å². The number of carbonyl (C=O) groups is 2. The Hall–Kier alpha value is -2.63. The summed E-state index contributed by atoms with van der Waals surface area (Å²) in [6.07, 6.45) is 3.23. The molecule has 2 rings (SSSR count). The lowest BCUT2D eigenvalue weighted by Crippen LogP contribution is -2.38. The topological polar surface area (TPSA) is 84.2 Å². The molecule has 2 aromatic rings. The van der Waals surface area contributed by atoms with Gasteiger partial charge in [0.2, 0.25) is 5.91 Å². The summed E-state index contributed by atoms with van der Waals surface area (Å²) in [5.74, 6) is -1.49. The van der Waals surface area contributed by atoms with Crippen molar-refractivity contribution in [2.75, 3.05) is 0 Å². The largest absolute Gasteiger partial charge is 0.479 e. The Morgan fingerprint density at radius 3 is 2.55 bits per heavy atom. The van der Waals surface area contributed by atoms with Crippen molar-refractivity contribution in [2.45, 2.75) is 32.9 Å². The van der Waals surface area contributed by atoms with Crippen molar-refractivity contribution in [1.82, 2.24) is 15.1 Å². The van der Waals surface area contributed by atoms with Crippen LogP contribution in [0, 0.1) is 13.8 Å². The highest BCUT2D eigenvalue weighted by Crippen LogP contribution is 2.18. The maximum atomic E-state index is 12.2. The molecule has 0 aliphatic heterocycles. The van der Waals surface area contributed by atoms with E-state index in [1.807, 2.05) is 19.9 Å². The van der Waals surface area contributed by atoms with Crippen LogP contribution in [0.5, 0.6) is 0 Å². The van der Waals surface area contributed by atoms with E-state index in [4.69, 9.17) is 0 Å². The summed E-state index contributed by atoms with van der Waals surface area (Å²) in [5, 5.41) is 16.0. The van der Waals surface area contributed by atoms with Crippen molar-refractivity contribution in [3.63, 3.8) is 0 Å². The third-order valence-electron chi connectivity index (χ3n) is 3.70. The van der Waals surface area contributed by atoms with Gasteiger partial charge in [0.15, 0.2) is 6.04 Å². The normalized spacial score (nSPS) is 13.4. The van der Waals surface area contributed by atoms with Gasteiger partial charge in [-0.05, 0) is 43.5 Å². The molecule has 2 N–H and O–H groups in total. The summed E-state index contributed by atoms with van der Waals surface area (Å²) in [7, 11) is 0. The van der Waals surface area contributed by atoms with E-state index in [0.717, 1.165) is 11.1 Å². The average Bonchev–Trinajstić information content (AvgIpc) is 3.00. The molecule has 2 unspecified atom stereocenters. The molecule has 1 aromatic carbocycles. The van der Waals surface area contributed by atoms with Crippen LogP contribution in [0.4, 0.5) is 0 Å². The summed E-state index contributed by atoms with van der Waals surface area (Å²) >= 11 is 0. The van der Waals surface area contributed by atoms with Gasteiger partial charge in [-0.2, -0.15) is 5.10 Å². The number of rotatable bonds is 5. The number of carboxylic acid groups (broad SMARTS) is 1. The molecule has 0 radical (unpaired) electrons. The van der Waals surface area contributed by atoms with E-state index in [9.17, 15) is 14.7 Å². The van der Waals surface area contributed by atoms with Crippen molar-refractivity contribution < 1.29 is 14.7 Å². The SMILES string of the molecule is Cc1ccc(C(NC(=O)C(C)n2cccn2)C(=O)O)cc1C. The number of benzene rings is 1. The summed E-state index contributed by atoms with van der Waals surface area (Å²) in [6.45, 7) is 5.53. The zero-order valence-electron chi connectivity index (χ0n) is 12.8. The van der Waals surface area contributed by atoms with Crippen LogP contribution in [0.3, 0.4) is 0 Å². The molecule has 0 spiro atoms. The lowest BCUT2D eigenvalue weighted by molar-refractivity contribution is -0.142. The van der Waals surface area contributed by atoms with Gasteiger partial charge in [0, 0.05) is 12.4 Å². The van der Waals surface area contributed by atoms with E-state index < -0.39 is 24.0 Å². The van der Waals surface area contributed by atoms with Gasteiger partial charge in [-0.1, -0.05) is 18.2 Å². The second-order valence-corrected chi connectivity index (χ2v) is 5.29. The third-order valence-corrected chi connectivity index (χ3v) is 3.70. The van der Waals surface area contributed by atoms with Crippen molar-refractivity contribution in [1.29, 1.82) is 0 Å². The fourth-order valence-corrected chi connectivity index (χ4v) is 2.12. The van der Waals surface area contributed by atoms with Crippen molar-refractivity contribution in [2.24, 2.45) is 0 Å². The molecule has 22 heavy (non-hydrogen) atoms. The third kappa shape index (κ3) is 3.33. The van der Waals surface area contributed by atoms with Crippen molar-refractivity contribution >= 4 is 11.9 Å². The molecule has 0 bridgehead atoms. The number of hydrogen-bond acceptors (Lipinski definition) is 3. The zero-order chi connectivity index (χ0) is 16.3. The molecule has 116 valence electrons. The summed E-state index contributed by atoms with van der Waals surface area (Å²) < 4.78 is 1.48. The molecular weight excluding hydrogens is 282 g/mol. The van der Waals surface area contributed by atoms with Crippen molar-refractivity contribution in [3.05, 3.63) is 53.3 Å². The predicted molar refractivity (Wildman–Crippen MR) is 81.4 cm³/mol. The molecule has 0 saturated heterocycles.